The highest BCUT2D eigenvalue weighted by Crippen LogP contribution is 2.38. The third-order valence-corrected chi connectivity index (χ3v) is 20.9. The van der Waals surface area contributed by atoms with E-state index in [2.05, 4.69) is 114 Å². The van der Waals surface area contributed by atoms with Gasteiger partial charge in [0.05, 0.1) is 60.3 Å². The van der Waals surface area contributed by atoms with Gasteiger partial charge in [-0.25, -0.2) is 24.7 Å². The number of aryl methyl sites for hydroxylation is 3. The van der Waals surface area contributed by atoms with Gasteiger partial charge in [0.1, 0.15) is 11.6 Å². The van der Waals surface area contributed by atoms with E-state index >= 15 is 0 Å². The zero-order valence-corrected chi connectivity index (χ0v) is 61.5. The summed E-state index contributed by atoms with van der Waals surface area (Å²) >= 11 is 3.62. The lowest BCUT2D eigenvalue weighted by Gasteiger charge is -2.27. The number of nitrogens with zero attached hydrogens (tertiary/aromatic N) is 19. The molecule has 544 valence electrons. The maximum Gasteiger partial charge on any atom is 0.369 e. The van der Waals surface area contributed by atoms with E-state index in [1.54, 1.807) is 42.4 Å². The molecule has 106 heavy (non-hydrogen) atoms. The number of nitrogens with one attached hydrogen (secondary N) is 5. The first-order valence-electron chi connectivity index (χ1n) is 34.8. The molecule has 4 fully saturated rings. The molecule has 13 heterocycles. The van der Waals surface area contributed by atoms with Crippen molar-refractivity contribution in [3.8, 4) is 99.1 Å². The third-order valence-electron chi connectivity index (χ3n) is 18.1. The second-order valence-electron chi connectivity index (χ2n) is 26.5. The molecule has 0 spiro atoms. The van der Waals surface area contributed by atoms with Crippen molar-refractivity contribution in [2.75, 3.05) is 82.0 Å². The van der Waals surface area contributed by atoms with Gasteiger partial charge in [-0.05, 0) is 87.0 Å². The number of aliphatic hydroxyl groups is 2. The molecule has 4 saturated heterocycles. The fourth-order valence-electron chi connectivity index (χ4n) is 12.4. The second-order valence-corrected chi connectivity index (χ2v) is 29.4. The molecule has 3 atom stereocenters. The van der Waals surface area contributed by atoms with Crippen molar-refractivity contribution >= 4 is 69.1 Å². The predicted molar refractivity (Wildman–Crippen MR) is 405 cm³/mol. The molecule has 3 aromatic carbocycles. The normalized spacial score (nSPS) is 16.4. The van der Waals surface area contributed by atoms with Crippen LogP contribution in [0.25, 0.3) is 99.1 Å². The van der Waals surface area contributed by atoms with Gasteiger partial charge < -0.3 is 51.3 Å². The molecule has 4 aliphatic heterocycles. The molecule has 0 aliphatic carbocycles. The summed E-state index contributed by atoms with van der Waals surface area (Å²) in [7, 11) is 7.01. The Hall–Kier alpha value is -11.1. The Bertz CT molecular complexity index is 5100. The van der Waals surface area contributed by atoms with Crippen LogP contribution in [0.4, 0.5) is 17.3 Å². The molecule has 0 radical (unpaired) electrons. The van der Waals surface area contributed by atoms with Gasteiger partial charge in [0.25, 0.3) is 11.8 Å². The molecule has 0 saturated carbocycles. The number of pyridine rings is 1. The number of esters is 1. The zero-order valence-electron chi connectivity index (χ0n) is 59.0. The quantitative estimate of drug-likeness (QED) is 0.0372. The topological polar surface area (TPSA) is 363 Å². The van der Waals surface area contributed by atoms with Crippen molar-refractivity contribution in [1.29, 1.82) is 0 Å². The molecule has 0 bridgehead atoms. The molecule has 2 amide bonds. The Morgan fingerprint density at radius 1 is 0.557 bits per heavy atom. The molecule has 30 nitrogen and oxygen atoms in total. The van der Waals surface area contributed by atoms with Gasteiger partial charge in [-0.15, -0.1) is 30.6 Å². The fourth-order valence-corrected chi connectivity index (χ4v) is 14.9. The minimum atomic E-state index is -0.515. The average Bonchev–Trinajstić information content (AvgIpc) is 1.47. The Morgan fingerprint density at radius 3 is 1.51 bits per heavy atom. The second kappa shape index (κ2) is 32.5. The monoisotopic (exact) mass is 1480 g/mol. The summed E-state index contributed by atoms with van der Waals surface area (Å²) in [6.45, 7) is 10.4. The van der Waals surface area contributed by atoms with Crippen molar-refractivity contribution in [1.82, 2.24) is 105 Å². The van der Waals surface area contributed by atoms with Crippen molar-refractivity contribution in [2.24, 2.45) is 27.1 Å². The maximum absolute atomic E-state index is 12.9. The Morgan fingerprint density at radius 2 is 1.04 bits per heavy atom. The zero-order chi connectivity index (χ0) is 73.4. The highest BCUT2D eigenvalue weighted by Gasteiger charge is 2.31. The lowest BCUT2D eigenvalue weighted by molar-refractivity contribution is 0.0598. The molecule has 4 aliphatic rings. The number of rotatable bonds is 19. The molecular weight excluding hydrogens is 1410 g/mol. The van der Waals surface area contributed by atoms with Crippen molar-refractivity contribution in [2.45, 2.75) is 63.8 Å². The van der Waals surface area contributed by atoms with Crippen LogP contribution in [0, 0.1) is 5.92 Å². The molecule has 12 aromatic rings. The highest BCUT2D eigenvalue weighted by molar-refractivity contribution is 7.17. The van der Waals surface area contributed by atoms with Crippen LogP contribution in [-0.4, -0.2) is 213 Å². The van der Waals surface area contributed by atoms with E-state index in [-0.39, 0.29) is 28.9 Å². The summed E-state index contributed by atoms with van der Waals surface area (Å²) in [6.07, 6.45) is 19.0. The summed E-state index contributed by atoms with van der Waals surface area (Å²) in [5.74, 6) is 2.13. The van der Waals surface area contributed by atoms with E-state index in [0.29, 0.717) is 104 Å². The number of carbonyl (C=O) groups is 3. The van der Waals surface area contributed by atoms with E-state index in [0.717, 1.165) is 124 Å². The number of piperidine rings is 1. The summed E-state index contributed by atoms with van der Waals surface area (Å²) in [4.78, 5) is 64.5. The van der Waals surface area contributed by atoms with Crippen molar-refractivity contribution < 1.29 is 29.3 Å². The molecule has 7 N–H and O–H groups in total. The van der Waals surface area contributed by atoms with Crippen LogP contribution in [0.3, 0.4) is 0 Å². The standard InChI is InChI=1S/C26H29N9O2S.C25H27N7O2S.C22H22N8O2S/c1-34-14-18(11-29-34)16-4-2-5-17(10-16)22-28-13-21(23(31-22)30-19-6-3-8-27-12-19)24-32-33-25(38-24)26(37)35-9-7-20(36)15-35;1-15(2)28-22-10-21(17-6-4-5-16(9-17)18-11-27-31(3)13-18)26-12-20(22)23-29-30-24(35-23)25(34)32-8-7-19(33)14-32;1-30-12-16(10-26-30)14-4-3-5-15(6-14)18-25-11-17(19(27-18)24-9-13-7-23-8-13)20-28-29-21(33-20)22(31)32-2/h2,4-5,10-11,13-14,19-20,27,36H,3,6-9,12,15H2,1H3,(H,28,30,31);4-6,9-13,15,19,33H,7-8,14H2,1-3H3,(H,26,28);3-6,10-13,23H,7-9H2,1-2H3,(H,24,25,27)/t19?,20-;19-;/m00./s1. The Balaban J connectivity index is 0.000000134. The SMILES string of the molecule is CC(C)Nc1cc(-c2cccc(-c3cnn(C)c3)c2)ncc1-c1nnc(C(=O)N2CC[C@H](O)C2)s1.COC(=O)c1nnc(-c2cnc(-c3cccc(-c4cnn(C)c4)c3)nc2NCC2CNC2)s1.Cn1cc(-c2cccc(-c3ncc(-c4nnc(C(=O)N5CC[C@H](O)C5)s4)c(NC4CCCNC4)n3)c2)cn1. The van der Waals surface area contributed by atoms with E-state index < -0.39 is 18.2 Å². The Kier molecular flexibility index (Phi) is 22.1. The number of methoxy groups -OCH3 is 1. The number of hydrogen-bond donors (Lipinski definition) is 7. The van der Waals surface area contributed by atoms with Gasteiger partial charge in [-0.2, -0.15) is 15.3 Å². The number of ether oxygens (including phenoxy) is 1. The largest absolute Gasteiger partial charge is 0.464 e. The van der Waals surface area contributed by atoms with Crippen LogP contribution in [0.2, 0.25) is 0 Å². The lowest BCUT2D eigenvalue weighted by atomic mass is 10.0. The number of benzene rings is 3. The molecule has 16 rings (SSSR count). The fraction of sp³-hybridized carbons (Fsp3) is 0.329. The van der Waals surface area contributed by atoms with Gasteiger partial charge in [0, 0.05) is 168 Å². The van der Waals surface area contributed by atoms with Crippen LogP contribution < -0.4 is 26.6 Å². The van der Waals surface area contributed by atoms with E-state index in [9.17, 15) is 24.6 Å². The summed E-state index contributed by atoms with van der Waals surface area (Å²) in [5.41, 5.74) is 12.9. The number of anilines is 3. The number of amides is 2. The highest BCUT2D eigenvalue weighted by atomic mass is 32.1. The van der Waals surface area contributed by atoms with Gasteiger partial charge in [0.2, 0.25) is 15.0 Å². The van der Waals surface area contributed by atoms with Crippen molar-refractivity contribution in [3.05, 3.63) is 150 Å². The van der Waals surface area contributed by atoms with E-state index in [1.165, 1.54) is 29.8 Å². The van der Waals surface area contributed by atoms with Crippen LogP contribution in [0.5, 0.6) is 0 Å². The summed E-state index contributed by atoms with van der Waals surface area (Å²) < 4.78 is 10.1. The lowest BCUT2D eigenvalue weighted by Crippen LogP contribution is -2.45. The van der Waals surface area contributed by atoms with E-state index in [4.69, 9.17) is 19.7 Å². The first kappa shape index (κ1) is 71.9. The third kappa shape index (κ3) is 17.0. The van der Waals surface area contributed by atoms with Gasteiger partial charge in [0.15, 0.2) is 26.7 Å². The summed E-state index contributed by atoms with van der Waals surface area (Å²) in [6, 6.07) is 26.8. The molecular formula is C73H78N24O6S3. The van der Waals surface area contributed by atoms with Gasteiger partial charge in [-0.3, -0.25) is 28.6 Å². The number of aliphatic hydroxyl groups excluding tert-OH is 2. The molecule has 1 unspecified atom stereocenters. The first-order chi connectivity index (χ1) is 51.5. The minimum absolute atomic E-state index is 0.186. The first-order valence-corrected chi connectivity index (χ1v) is 37.2. The van der Waals surface area contributed by atoms with Crippen LogP contribution in [0.1, 0.15) is 68.9 Å². The maximum atomic E-state index is 12.9. The van der Waals surface area contributed by atoms with Crippen LogP contribution in [-0.2, 0) is 25.9 Å². The van der Waals surface area contributed by atoms with Gasteiger partial charge in [-0.1, -0.05) is 88.6 Å². The summed E-state index contributed by atoms with van der Waals surface area (Å²) in [5, 5.41) is 77.2. The Labute approximate surface area is 621 Å². The molecule has 9 aromatic heterocycles. The van der Waals surface area contributed by atoms with E-state index in [1.807, 2.05) is 119 Å². The number of likely N-dealkylation sites (tertiary alicyclic amines) is 2. The smallest absolute Gasteiger partial charge is 0.369 e. The average molecular weight is 1480 g/mol. The van der Waals surface area contributed by atoms with Gasteiger partial charge >= 0.3 is 5.97 Å². The van der Waals surface area contributed by atoms with Crippen LogP contribution in [0.15, 0.2) is 135 Å². The minimum Gasteiger partial charge on any atom is -0.464 e. The predicted octanol–water partition coefficient (Wildman–Crippen LogP) is 8.61. The number of aromatic nitrogens is 17. The van der Waals surface area contributed by atoms with Crippen LogP contribution >= 0.6 is 34.0 Å². The molecule has 33 heteroatoms. The van der Waals surface area contributed by atoms with Crippen molar-refractivity contribution in [3.63, 3.8) is 0 Å². The number of hydrogen-bond acceptors (Lipinski definition) is 28. The number of β-amino-alcohol motifs (C(OH)–C–C–N with tert-alkyl or cyclic N) is 2. The number of carbonyl (C=O) groups excluding carboxylic acids is 3.